The lowest BCUT2D eigenvalue weighted by atomic mass is 10.0. The molecule has 2 amide bonds. The summed E-state index contributed by atoms with van der Waals surface area (Å²) in [6, 6.07) is 13.4. The van der Waals surface area contributed by atoms with E-state index < -0.39 is 12.0 Å². The molecular weight excluding hydrogens is 356 g/mol. The van der Waals surface area contributed by atoms with E-state index in [9.17, 15) is 14.4 Å². The summed E-state index contributed by atoms with van der Waals surface area (Å²) in [6.07, 6.45) is 0.561. The molecule has 1 aliphatic heterocycles. The molecule has 1 atom stereocenters. The zero-order valence-electron chi connectivity index (χ0n) is 16.3. The van der Waals surface area contributed by atoms with Crippen LogP contribution in [0.5, 0.6) is 0 Å². The number of anilines is 1. The normalized spacial score (nSPS) is 14.0. The standard InChI is InChI=1S/C22H24N2O4/c1-14(2)12-19(24-13-16-6-4-5-7-18(16)21(24)26)20(25)23-17-10-8-15(9-11-17)22(27)28-3/h4-11,14,19H,12-13H2,1-3H3,(H,23,25)/t19-/m0/s1. The zero-order chi connectivity index (χ0) is 20.3. The van der Waals surface area contributed by atoms with E-state index in [4.69, 9.17) is 0 Å². The van der Waals surface area contributed by atoms with Crippen LogP contribution in [-0.4, -0.2) is 35.8 Å². The Labute approximate surface area is 164 Å². The first-order chi connectivity index (χ1) is 13.4. The van der Waals surface area contributed by atoms with Gasteiger partial charge in [0.15, 0.2) is 0 Å². The Kier molecular flexibility index (Phi) is 5.78. The number of amides is 2. The number of nitrogens with one attached hydrogen (secondary N) is 1. The maximum absolute atomic E-state index is 13.0. The highest BCUT2D eigenvalue weighted by atomic mass is 16.5. The number of ether oxygens (including phenoxy) is 1. The number of hydrogen-bond donors (Lipinski definition) is 1. The molecule has 3 rings (SSSR count). The lowest BCUT2D eigenvalue weighted by Crippen LogP contribution is -2.45. The Balaban J connectivity index is 1.78. The van der Waals surface area contributed by atoms with E-state index in [1.165, 1.54) is 7.11 Å². The van der Waals surface area contributed by atoms with Crippen LogP contribution < -0.4 is 5.32 Å². The molecule has 0 saturated heterocycles. The molecule has 0 saturated carbocycles. The molecule has 0 spiro atoms. The van der Waals surface area contributed by atoms with Crippen molar-refractivity contribution in [2.45, 2.75) is 32.9 Å². The second-order valence-corrected chi connectivity index (χ2v) is 7.29. The van der Waals surface area contributed by atoms with Crippen LogP contribution in [0.3, 0.4) is 0 Å². The lowest BCUT2D eigenvalue weighted by Gasteiger charge is -2.28. The van der Waals surface area contributed by atoms with Gasteiger partial charge in [-0.25, -0.2) is 4.79 Å². The van der Waals surface area contributed by atoms with Gasteiger partial charge in [-0.15, -0.1) is 0 Å². The fourth-order valence-electron chi connectivity index (χ4n) is 3.38. The van der Waals surface area contributed by atoms with Gasteiger partial charge in [-0.05, 0) is 48.2 Å². The molecule has 1 heterocycles. The van der Waals surface area contributed by atoms with Crippen LogP contribution in [0.15, 0.2) is 48.5 Å². The quantitative estimate of drug-likeness (QED) is 0.779. The summed E-state index contributed by atoms with van der Waals surface area (Å²) in [5.41, 5.74) is 2.57. The van der Waals surface area contributed by atoms with Crippen molar-refractivity contribution in [3.05, 3.63) is 65.2 Å². The van der Waals surface area contributed by atoms with Gasteiger partial charge in [-0.3, -0.25) is 9.59 Å². The van der Waals surface area contributed by atoms with Crippen molar-refractivity contribution in [2.24, 2.45) is 5.92 Å². The number of hydrogen-bond acceptors (Lipinski definition) is 4. The first kappa shape index (κ1) is 19.6. The van der Waals surface area contributed by atoms with E-state index in [1.54, 1.807) is 35.2 Å². The number of rotatable bonds is 6. The number of carbonyl (C=O) groups excluding carboxylic acids is 3. The van der Waals surface area contributed by atoms with Gasteiger partial charge in [0.1, 0.15) is 6.04 Å². The first-order valence-electron chi connectivity index (χ1n) is 9.28. The molecule has 1 aliphatic rings. The van der Waals surface area contributed by atoms with Gasteiger partial charge < -0.3 is 15.0 Å². The van der Waals surface area contributed by atoms with Crippen LogP contribution in [0, 0.1) is 5.92 Å². The minimum atomic E-state index is -0.569. The molecule has 1 N–H and O–H groups in total. The topological polar surface area (TPSA) is 75.7 Å². The molecule has 0 fully saturated rings. The third-order valence-corrected chi connectivity index (χ3v) is 4.80. The van der Waals surface area contributed by atoms with E-state index in [2.05, 4.69) is 10.1 Å². The minimum Gasteiger partial charge on any atom is -0.465 e. The summed E-state index contributed by atoms with van der Waals surface area (Å²) in [7, 11) is 1.32. The van der Waals surface area contributed by atoms with E-state index >= 15 is 0 Å². The molecule has 6 heteroatoms. The van der Waals surface area contributed by atoms with E-state index in [-0.39, 0.29) is 17.7 Å². The monoisotopic (exact) mass is 380 g/mol. The molecule has 0 radical (unpaired) electrons. The molecule has 0 aliphatic carbocycles. The van der Waals surface area contributed by atoms with Gasteiger partial charge in [0.2, 0.25) is 5.91 Å². The highest BCUT2D eigenvalue weighted by molar-refractivity contribution is 6.03. The van der Waals surface area contributed by atoms with Gasteiger partial charge in [-0.1, -0.05) is 32.0 Å². The molecule has 0 aromatic heterocycles. The Hall–Kier alpha value is -3.15. The van der Waals surface area contributed by atoms with Crippen molar-refractivity contribution in [2.75, 3.05) is 12.4 Å². The minimum absolute atomic E-state index is 0.113. The van der Waals surface area contributed by atoms with Crippen molar-refractivity contribution in [1.82, 2.24) is 4.90 Å². The van der Waals surface area contributed by atoms with Crippen LogP contribution >= 0.6 is 0 Å². The average molecular weight is 380 g/mol. The van der Waals surface area contributed by atoms with Crippen LogP contribution in [0.2, 0.25) is 0 Å². The van der Waals surface area contributed by atoms with E-state index in [0.717, 1.165) is 5.56 Å². The number of benzene rings is 2. The number of nitrogens with zero attached hydrogens (tertiary/aromatic N) is 1. The fourth-order valence-corrected chi connectivity index (χ4v) is 3.38. The Morgan fingerprint density at radius 2 is 1.79 bits per heavy atom. The van der Waals surface area contributed by atoms with E-state index in [1.807, 2.05) is 32.0 Å². The highest BCUT2D eigenvalue weighted by Crippen LogP contribution is 2.27. The number of carbonyl (C=O) groups is 3. The molecule has 28 heavy (non-hydrogen) atoms. The summed E-state index contributed by atoms with van der Waals surface area (Å²) in [4.78, 5) is 39.0. The maximum Gasteiger partial charge on any atom is 0.337 e. The number of methoxy groups -OCH3 is 1. The van der Waals surface area contributed by atoms with Crippen molar-refractivity contribution in [1.29, 1.82) is 0 Å². The molecule has 2 aromatic rings. The molecular formula is C22H24N2O4. The molecule has 2 aromatic carbocycles. The zero-order valence-corrected chi connectivity index (χ0v) is 16.3. The number of fused-ring (bicyclic) bond motifs is 1. The smallest absolute Gasteiger partial charge is 0.337 e. The predicted octanol–water partition coefficient (Wildman–Crippen LogP) is 3.48. The Morgan fingerprint density at radius 3 is 2.39 bits per heavy atom. The molecule has 0 unspecified atom stereocenters. The van der Waals surface area contributed by atoms with E-state index in [0.29, 0.717) is 29.8 Å². The second kappa shape index (κ2) is 8.25. The summed E-state index contributed by atoms with van der Waals surface area (Å²) in [5.74, 6) is -0.539. The third-order valence-electron chi connectivity index (χ3n) is 4.80. The van der Waals surface area contributed by atoms with Crippen molar-refractivity contribution in [3.8, 4) is 0 Å². The molecule has 146 valence electrons. The van der Waals surface area contributed by atoms with Crippen LogP contribution in [-0.2, 0) is 16.1 Å². The molecule has 0 bridgehead atoms. The van der Waals surface area contributed by atoms with Crippen molar-refractivity contribution < 1.29 is 19.1 Å². The van der Waals surface area contributed by atoms with Gasteiger partial charge >= 0.3 is 5.97 Å². The second-order valence-electron chi connectivity index (χ2n) is 7.29. The maximum atomic E-state index is 13.0. The fraction of sp³-hybridized carbons (Fsp3) is 0.318. The molecule has 6 nitrogen and oxygen atoms in total. The van der Waals surface area contributed by atoms with Crippen LogP contribution in [0.1, 0.15) is 46.5 Å². The SMILES string of the molecule is COC(=O)c1ccc(NC(=O)[C@H](CC(C)C)N2Cc3ccccc3C2=O)cc1. The predicted molar refractivity (Wildman–Crippen MR) is 106 cm³/mol. The van der Waals surface area contributed by atoms with Crippen LogP contribution in [0.25, 0.3) is 0 Å². The third kappa shape index (κ3) is 4.06. The largest absolute Gasteiger partial charge is 0.465 e. The Bertz CT molecular complexity index is 890. The number of esters is 1. The summed E-state index contributed by atoms with van der Waals surface area (Å²) in [5, 5.41) is 2.87. The van der Waals surface area contributed by atoms with Gasteiger partial charge in [0.05, 0.1) is 12.7 Å². The van der Waals surface area contributed by atoms with Crippen molar-refractivity contribution in [3.63, 3.8) is 0 Å². The summed E-state index contributed by atoms with van der Waals surface area (Å²) >= 11 is 0. The van der Waals surface area contributed by atoms with Gasteiger partial charge in [-0.2, -0.15) is 0 Å². The highest BCUT2D eigenvalue weighted by Gasteiger charge is 2.36. The lowest BCUT2D eigenvalue weighted by molar-refractivity contribution is -0.121. The summed E-state index contributed by atoms with van der Waals surface area (Å²) < 4.78 is 4.68. The van der Waals surface area contributed by atoms with Gasteiger partial charge in [0.25, 0.3) is 5.91 Å². The average Bonchev–Trinajstić information content (AvgIpc) is 3.02. The van der Waals surface area contributed by atoms with Crippen molar-refractivity contribution >= 4 is 23.5 Å². The first-order valence-corrected chi connectivity index (χ1v) is 9.28. The van der Waals surface area contributed by atoms with Crippen LogP contribution in [0.4, 0.5) is 5.69 Å². The van der Waals surface area contributed by atoms with Gasteiger partial charge in [0, 0.05) is 17.8 Å². The Morgan fingerprint density at radius 1 is 1.11 bits per heavy atom. The summed E-state index contributed by atoms with van der Waals surface area (Å²) in [6.45, 7) is 4.49.